The Morgan fingerprint density at radius 3 is 2.15 bits per heavy atom. The summed E-state index contributed by atoms with van der Waals surface area (Å²) in [6.07, 6.45) is 0. The van der Waals surface area contributed by atoms with E-state index in [2.05, 4.69) is 5.32 Å². The molecule has 0 aliphatic heterocycles. The topological polar surface area (TPSA) is 38.0 Å². The van der Waals surface area contributed by atoms with Crippen molar-refractivity contribution in [2.45, 2.75) is 0 Å². The highest BCUT2D eigenvalue weighted by Crippen LogP contribution is 2.36. The van der Waals surface area contributed by atoms with Crippen molar-refractivity contribution < 1.29 is 4.39 Å². The first-order valence-corrected chi connectivity index (χ1v) is 6.93. The minimum absolute atomic E-state index is 0.157. The summed E-state index contributed by atoms with van der Waals surface area (Å²) < 4.78 is 13.1. The molecule has 0 amide bonds. The van der Waals surface area contributed by atoms with E-state index in [1.54, 1.807) is 18.2 Å². The molecule has 0 bridgehead atoms. The monoisotopic (exact) mass is 348 g/mol. The van der Waals surface area contributed by atoms with Crippen LogP contribution >= 0.6 is 47.0 Å². The minimum atomic E-state index is -0.513. The zero-order valence-corrected chi connectivity index (χ0v) is 13.0. The molecular weight excluding hydrogens is 342 g/mol. The molecule has 2 aromatic rings. The Balaban J connectivity index is 2.38. The van der Waals surface area contributed by atoms with Gasteiger partial charge in [0.05, 0.1) is 26.4 Å². The van der Waals surface area contributed by atoms with Gasteiger partial charge in [-0.1, -0.05) is 47.0 Å². The molecule has 0 atom stereocenters. The van der Waals surface area contributed by atoms with Crippen molar-refractivity contribution in [3.63, 3.8) is 0 Å². The first-order chi connectivity index (χ1) is 9.38. The summed E-state index contributed by atoms with van der Waals surface area (Å²) in [5, 5.41) is 3.66. The van der Waals surface area contributed by atoms with Crippen LogP contribution in [0.4, 0.5) is 15.8 Å². The van der Waals surface area contributed by atoms with E-state index in [1.807, 2.05) is 0 Å². The van der Waals surface area contributed by atoms with Gasteiger partial charge in [-0.2, -0.15) is 0 Å². The third-order valence-corrected chi connectivity index (χ3v) is 3.66. The molecular formula is C13H8Cl3FN2S. The van der Waals surface area contributed by atoms with Crippen LogP contribution in [0, 0.1) is 5.82 Å². The Bertz CT molecular complexity index is 668. The summed E-state index contributed by atoms with van der Waals surface area (Å²) in [4.78, 5) is 0.247. The first-order valence-electron chi connectivity index (χ1n) is 5.39. The number of hydrogen-bond acceptors (Lipinski definition) is 2. The van der Waals surface area contributed by atoms with E-state index in [1.165, 1.54) is 0 Å². The highest BCUT2D eigenvalue weighted by molar-refractivity contribution is 7.80. The van der Waals surface area contributed by atoms with Crippen LogP contribution in [0.2, 0.25) is 15.1 Å². The van der Waals surface area contributed by atoms with Gasteiger partial charge in [0, 0.05) is 5.56 Å². The molecule has 0 aliphatic carbocycles. The number of nitrogens with one attached hydrogen (secondary N) is 1. The molecule has 0 spiro atoms. The minimum Gasteiger partial charge on any atom is -0.389 e. The van der Waals surface area contributed by atoms with E-state index >= 15 is 0 Å². The maximum Gasteiger partial charge on any atom is 0.126 e. The van der Waals surface area contributed by atoms with Crippen molar-refractivity contribution in [1.82, 2.24) is 0 Å². The Kier molecular flexibility index (Phi) is 4.70. The van der Waals surface area contributed by atoms with Gasteiger partial charge in [-0.3, -0.25) is 0 Å². The summed E-state index contributed by atoms with van der Waals surface area (Å²) in [5.74, 6) is -0.513. The lowest BCUT2D eigenvalue weighted by molar-refractivity contribution is 0.628. The number of thiocarbonyl (C=S) groups is 1. The van der Waals surface area contributed by atoms with Crippen molar-refractivity contribution in [2.24, 2.45) is 5.73 Å². The second kappa shape index (κ2) is 6.14. The smallest absolute Gasteiger partial charge is 0.126 e. The molecule has 0 heterocycles. The molecule has 7 heteroatoms. The second-order valence-electron chi connectivity index (χ2n) is 3.93. The maximum atomic E-state index is 13.1. The zero-order valence-electron chi connectivity index (χ0n) is 9.88. The lowest BCUT2D eigenvalue weighted by Crippen LogP contribution is -2.09. The summed E-state index contributed by atoms with van der Waals surface area (Å²) >= 11 is 22.9. The molecule has 20 heavy (non-hydrogen) atoms. The van der Waals surface area contributed by atoms with E-state index in [9.17, 15) is 4.39 Å². The second-order valence-corrected chi connectivity index (χ2v) is 5.59. The Labute approximate surface area is 135 Å². The lowest BCUT2D eigenvalue weighted by Gasteiger charge is -2.12. The zero-order chi connectivity index (χ0) is 14.9. The molecule has 0 saturated heterocycles. The van der Waals surface area contributed by atoms with E-state index in [0.717, 1.165) is 12.1 Å². The van der Waals surface area contributed by atoms with Crippen LogP contribution in [-0.2, 0) is 0 Å². The highest BCUT2D eigenvalue weighted by Gasteiger charge is 2.11. The Hall–Kier alpha value is -1.07. The van der Waals surface area contributed by atoms with Crippen LogP contribution in [0.5, 0.6) is 0 Å². The van der Waals surface area contributed by atoms with Gasteiger partial charge >= 0.3 is 0 Å². The molecule has 2 aromatic carbocycles. The fourth-order valence-corrected chi connectivity index (χ4v) is 2.48. The predicted octanol–water partition coefficient (Wildman–Crippen LogP) is 5.16. The number of nitrogens with two attached hydrogens (primary N) is 1. The Morgan fingerprint density at radius 1 is 1.05 bits per heavy atom. The number of hydrogen-bond donors (Lipinski definition) is 2. The SMILES string of the molecule is NC(=S)c1ccc(Nc2c(Cl)cc(F)cc2Cl)c(Cl)c1. The lowest BCUT2D eigenvalue weighted by atomic mass is 10.2. The van der Waals surface area contributed by atoms with Crippen molar-refractivity contribution in [3.8, 4) is 0 Å². The molecule has 2 nitrogen and oxygen atoms in total. The summed E-state index contributed by atoms with van der Waals surface area (Å²) in [6.45, 7) is 0. The molecule has 0 aromatic heterocycles. The Morgan fingerprint density at radius 2 is 1.65 bits per heavy atom. The molecule has 0 fully saturated rings. The maximum absolute atomic E-state index is 13.1. The fourth-order valence-electron chi connectivity index (χ4n) is 1.57. The molecule has 0 saturated carbocycles. The van der Waals surface area contributed by atoms with E-state index < -0.39 is 5.82 Å². The molecule has 3 N–H and O–H groups in total. The quantitative estimate of drug-likeness (QED) is 0.751. The van der Waals surface area contributed by atoms with E-state index in [0.29, 0.717) is 22.0 Å². The number of rotatable bonds is 3. The molecule has 104 valence electrons. The third-order valence-electron chi connectivity index (χ3n) is 2.52. The molecule has 0 aliphatic rings. The molecule has 2 rings (SSSR count). The average molecular weight is 350 g/mol. The van der Waals surface area contributed by atoms with Gasteiger partial charge in [-0.05, 0) is 30.3 Å². The van der Waals surface area contributed by atoms with Gasteiger partial charge in [0.2, 0.25) is 0 Å². The van der Waals surface area contributed by atoms with Crippen LogP contribution < -0.4 is 11.1 Å². The van der Waals surface area contributed by atoms with Gasteiger partial charge in [0.1, 0.15) is 10.8 Å². The number of anilines is 2. The van der Waals surface area contributed by atoms with E-state index in [-0.39, 0.29) is 15.0 Å². The van der Waals surface area contributed by atoms with Gasteiger partial charge in [0.15, 0.2) is 0 Å². The van der Waals surface area contributed by atoms with Crippen LogP contribution in [0.1, 0.15) is 5.56 Å². The predicted molar refractivity (Wildman–Crippen MR) is 87.0 cm³/mol. The normalized spacial score (nSPS) is 10.4. The van der Waals surface area contributed by atoms with E-state index in [4.69, 9.17) is 52.8 Å². The summed E-state index contributed by atoms with van der Waals surface area (Å²) in [7, 11) is 0. The van der Waals surface area contributed by atoms with Gasteiger partial charge in [0.25, 0.3) is 0 Å². The van der Waals surface area contributed by atoms with Gasteiger partial charge in [-0.25, -0.2) is 4.39 Å². The molecule has 0 radical (unpaired) electrons. The van der Waals surface area contributed by atoms with Crippen molar-refractivity contribution in [3.05, 3.63) is 56.8 Å². The third kappa shape index (κ3) is 3.33. The van der Waals surface area contributed by atoms with Gasteiger partial charge < -0.3 is 11.1 Å². The average Bonchev–Trinajstić information content (AvgIpc) is 2.34. The highest BCUT2D eigenvalue weighted by atomic mass is 35.5. The summed E-state index contributed by atoms with van der Waals surface area (Å²) in [6, 6.07) is 7.34. The van der Waals surface area contributed by atoms with Crippen molar-refractivity contribution >= 4 is 63.4 Å². The number of benzene rings is 2. The summed E-state index contributed by atoms with van der Waals surface area (Å²) in [5.41, 5.74) is 7.10. The fraction of sp³-hybridized carbons (Fsp3) is 0. The standard InChI is InChI=1S/C13H8Cl3FN2S/c14-8-3-6(13(18)20)1-2-11(8)19-12-9(15)4-7(17)5-10(12)16/h1-5,19H,(H2,18,20). The van der Waals surface area contributed by atoms with Crippen LogP contribution in [-0.4, -0.2) is 4.99 Å². The largest absolute Gasteiger partial charge is 0.389 e. The number of halogens is 4. The van der Waals surface area contributed by atoms with Crippen molar-refractivity contribution in [1.29, 1.82) is 0 Å². The van der Waals surface area contributed by atoms with Crippen molar-refractivity contribution in [2.75, 3.05) is 5.32 Å². The van der Waals surface area contributed by atoms with Crippen LogP contribution in [0.3, 0.4) is 0 Å². The molecule has 0 unspecified atom stereocenters. The van der Waals surface area contributed by atoms with Crippen LogP contribution in [0.25, 0.3) is 0 Å². The first kappa shape index (κ1) is 15.3. The van der Waals surface area contributed by atoms with Gasteiger partial charge in [-0.15, -0.1) is 0 Å². The van der Waals surface area contributed by atoms with Crippen LogP contribution in [0.15, 0.2) is 30.3 Å².